The molecule has 1 fully saturated rings. The zero-order valence-electron chi connectivity index (χ0n) is 20.4. The fourth-order valence-corrected chi connectivity index (χ4v) is 4.95. The van der Waals surface area contributed by atoms with Gasteiger partial charge in [-0.25, -0.2) is 0 Å². The zero-order valence-corrected chi connectivity index (χ0v) is 20.4. The van der Waals surface area contributed by atoms with Crippen molar-refractivity contribution in [3.05, 3.63) is 120 Å². The van der Waals surface area contributed by atoms with E-state index in [9.17, 15) is 15.2 Å². The van der Waals surface area contributed by atoms with Crippen LogP contribution in [0, 0.1) is 11.3 Å². The smallest absolute Gasteiger partial charge is 0.266 e. The van der Waals surface area contributed by atoms with Gasteiger partial charge in [0.25, 0.3) is 5.91 Å². The molecule has 6 heteroatoms. The van der Waals surface area contributed by atoms with Crippen LogP contribution >= 0.6 is 0 Å². The average Bonchev–Trinajstić information content (AvgIpc) is 2.95. The Kier molecular flexibility index (Phi) is 7.16. The highest BCUT2D eigenvalue weighted by Gasteiger charge is 2.29. The Morgan fingerprint density at radius 2 is 1.41 bits per heavy atom. The van der Waals surface area contributed by atoms with Crippen molar-refractivity contribution < 1.29 is 9.90 Å². The van der Waals surface area contributed by atoms with E-state index < -0.39 is 0 Å². The second-order valence-electron chi connectivity index (χ2n) is 9.04. The molecule has 1 aliphatic heterocycles. The van der Waals surface area contributed by atoms with E-state index in [1.807, 2.05) is 36.4 Å². The molecule has 4 aromatic carbocycles. The van der Waals surface area contributed by atoms with E-state index in [1.165, 1.54) is 17.3 Å². The van der Waals surface area contributed by atoms with Crippen molar-refractivity contribution in [2.75, 3.05) is 31.5 Å². The number of fused-ring (bicyclic) bond motifs is 1. The summed E-state index contributed by atoms with van der Waals surface area (Å²) in [5.74, 6) is -0.0994. The van der Waals surface area contributed by atoms with Gasteiger partial charge in [0.1, 0.15) is 17.4 Å². The first-order chi connectivity index (χ1) is 18.2. The molecule has 6 nitrogen and oxygen atoms in total. The molecule has 1 amide bonds. The van der Waals surface area contributed by atoms with E-state index in [4.69, 9.17) is 0 Å². The minimum absolute atomic E-state index is 0.0493. The summed E-state index contributed by atoms with van der Waals surface area (Å²) < 4.78 is 0. The van der Waals surface area contributed by atoms with Gasteiger partial charge in [0.15, 0.2) is 0 Å². The fraction of sp³-hybridized carbons (Fsp3) is 0.161. The number of benzene rings is 4. The lowest BCUT2D eigenvalue weighted by Gasteiger charge is -2.39. The van der Waals surface area contributed by atoms with Crippen molar-refractivity contribution in [3.63, 3.8) is 0 Å². The molecule has 0 aromatic heterocycles. The van der Waals surface area contributed by atoms with Crippen molar-refractivity contribution in [3.8, 4) is 11.8 Å². The number of aromatic hydroxyl groups is 1. The molecule has 0 aliphatic carbocycles. The molecule has 2 N–H and O–H groups in total. The van der Waals surface area contributed by atoms with Gasteiger partial charge in [0.2, 0.25) is 0 Å². The van der Waals surface area contributed by atoms with Crippen molar-refractivity contribution >= 4 is 22.4 Å². The van der Waals surface area contributed by atoms with Gasteiger partial charge in [-0.1, -0.05) is 84.9 Å². The number of nitriles is 1. The number of carbonyl (C=O) groups excluding carboxylic acids is 1. The first-order valence-electron chi connectivity index (χ1n) is 12.4. The lowest BCUT2D eigenvalue weighted by atomic mass is 9.96. The van der Waals surface area contributed by atoms with Crippen LogP contribution < -0.4 is 5.32 Å². The Morgan fingerprint density at radius 3 is 2.03 bits per heavy atom. The summed E-state index contributed by atoms with van der Waals surface area (Å²) >= 11 is 0. The van der Waals surface area contributed by atoms with Crippen molar-refractivity contribution in [1.82, 2.24) is 9.80 Å². The molecule has 5 rings (SSSR count). The summed E-state index contributed by atoms with van der Waals surface area (Å²) in [4.78, 5) is 17.4. The number of carbonyl (C=O) groups is 1. The Labute approximate surface area is 216 Å². The molecule has 4 aromatic rings. The standard InChI is InChI=1S/C31H28N4O2/c32-21-25(22-33-28-15-7-14-27-26(28)13-8-16-29(27)36)31(37)35-19-17-34(18-20-35)30(23-9-3-1-4-10-23)24-11-5-2-6-12-24/h1-16,22,30,33,36H,17-20H2/b25-22-. The summed E-state index contributed by atoms with van der Waals surface area (Å²) in [7, 11) is 0. The van der Waals surface area contributed by atoms with Crippen LogP contribution in [0.4, 0.5) is 5.69 Å². The third kappa shape index (κ3) is 5.18. The maximum absolute atomic E-state index is 13.2. The number of nitrogens with one attached hydrogen (secondary N) is 1. The van der Waals surface area contributed by atoms with Crippen LogP contribution in [-0.2, 0) is 4.79 Å². The maximum atomic E-state index is 13.2. The lowest BCUT2D eigenvalue weighted by molar-refractivity contribution is -0.128. The number of anilines is 1. The SMILES string of the molecule is N#C/C(=C/Nc1cccc2c(O)cccc12)C(=O)N1CCN(C(c2ccccc2)c2ccccc2)CC1. The normalized spacial score (nSPS) is 14.5. The second kappa shape index (κ2) is 11.0. The lowest BCUT2D eigenvalue weighted by Crippen LogP contribution is -2.50. The maximum Gasteiger partial charge on any atom is 0.266 e. The zero-order chi connectivity index (χ0) is 25.6. The molecule has 1 heterocycles. The number of phenolic OH excluding ortho intramolecular Hbond substituents is 1. The molecule has 0 atom stereocenters. The van der Waals surface area contributed by atoms with Gasteiger partial charge < -0.3 is 15.3 Å². The highest BCUT2D eigenvalue weighted by molar-refractivity contribution is 6.00. The number of hydrogen-bond acceptors (Lipinski definition) is 5. The minimum Gasteiger partial charge on any atom is -0.507 e. The van der Waals surface area contributed by atoms with Crippen LogP contribution in [-0.4, -0.2) is 47.0 Å². The van der Waals surface area contributed by atoms with Crippen LogP contribution in [0.1, 0.15) is 17.2 Å². The minimum atomic E-state index is -0.284. The highest BCUT2D eigenvalue weighted by Crippen LogP contribution is 2.31. The molecule has 1 aliphatic rings. The molecule has 1 saturated heterocycles. The molecule has 184 valence electrons. The van der Waals surface area contributed by atoms with Crippen LogP contribution in [0.25, 0.3) is 10.8 Å². The molecule has 0 saturated carbocycles. The van der Waals surface area contributed by atoms with E-state index in [2.05, 4.69) is 64.8 Å². The van der Waals surface area contributed by atoms with E-state index in [0.717, 1.165) is 5.39 Å². The summed E-state index contributed by atoms with van der Waals surface area (Å²) in [6.45, 7) is 2.48. The number of piperazine rings is 1. The summed E-state index contributed by atoms with van der Waals surface area (Å²) in [5, 5.41) is 24.5. The molecule has 0 bridgehead atoms. The Hall–Kier alpha value is -4.60. The van der Waals surface area contributed by atoms with Crippen molar-refractivity contribution in [2.24, 2.45) is 0 Å². The summed E-state index contributed by atoms with van der Waals surface area (Å²) in [5.41, 5.74) is 3.20. The topological polar surface area (TPSA) is 79.6 Å². The van der Waals surface area contributed by atoms with Gasteiger partial charge in [-0.3, -0.25) is 9.69 Å². The first-order valence-corrected chi connectivity index (χ1v) is 12.4. The van der Waals surface area contributed by atoms with Crippen molar-refractivity contribution in [1.29, 1.82) is 5.26 Å². The highest BCUT2D eigenvalue weighted by atomic mass is 16.3. The predicted molar refractivity (Wildman–Crippen MR) is 146 cm³/mol. The second-order valence-corrected chi connectivity index (χ2v) is 9.04. The van der Waals surface area contributed by atoms with Gasteiger partial charge in [-0.2, -0.15) is 5.26 Å². The molecule has 0 radical (unpaired) electrons. The number of nitrogens with zero attached hydrogens (tertiary/aromatic N) is 3. The number of hydrogen-bond donors (Lipinski definition) is 2. The molecule has 0 unspecified atom stereocenters. The molecule has 0 spiro atoms. The average molecular weight is 489 g/mol. The van der Waals surface area contributed by atoms with Gasteiger partial charge >= 0.3 is 0 Å². The third-order valence-corrected chi connectivity index (χ3v) is 6.82. The van der Waals surface area contributed by atoms with Crippen LogP contribution in [0.3, 0.4) is 0 Å². The first kappa shape index (κ1) is 24.1. The van der Waals surface area contributed by atoms with Crippen LogP contribution in [0.5, 0.6) is 5.75 Å². The Bertz CT molecular complexity index is 1410. The van der Waals surface area contributed by atoms with E-state index >= 15 is 0 Å². The Morgan fingerprint density at radius 1 is 0.811 bits per heavy atom. The quantitative estimate of drug-likeness (QED) is 0.284. The molecular formula is C31H28N4O2. The summed E-state index contributed by atoms with van der Waals surface area (Å²) in [6, 6.07) is 33.8. The third-order valence-electron chi connectivity index (χ3n) is 6.82. The summed E-state index contributed by atoms with van der Waals surface area (Å²) in [6.07, 6.45) is 1.46. The van der Waals surface area contributed by atoms with E-state index in [0.29, 0.717) is 37.3 Å². The molecule has 37 heavy (non-hydrogen) atoms. The van der Waals surface area contributed by atoms with E-state index in [-0.39, 0.29) is 23.3 Å². The largest absolute Gasteiger partial charge is 0.507 e. The van der Waals surface area contributed by atoms with Gasteiger partial charge in [-0.05, 0) is 23.3 Å². The fourth-order valence-electron chi connectivity index (χ4n) is 4.95. The van der Waals surface area contributed by atoms with Gasteiger partial charge in [0, 0.05) is 48.8 Å². The van der Waals surface area contributed by atoms with Crippen LogP contribution in [0.2, 0.25) is 0 Å². The number of amides is 1. The Balaban J connectivity index is 1.30. The van der Waals surface area contributed by atoms with Gasteiger partial charge in [-0.15, -0.1) is 0 Å². The number of rotatable bonds is 6. The monoisotopic (exact) mass is 488 g/mol. The van der Waals surface area contributed by atoms with Gasteiger partial charge in [0.05, 0.1) is 6.04 Å². The van der Waals surface area contributed by atoms with Crippen molar-refractivity contribution in [2.45, 2.75) is 6.04 Å². The van der Waals surface area contributed by atoms with Crippen LogP contribution in [0.15, 0.2) is 109 Å². The number of phenols is 1. The van der Waals surface area contributed by atoms with E-state index in [1.54, 1.807) is 17.0 Å². The molecular weight excluding hydrogens is 460 g/mol. The predicted octanol–water partition coefficient (Wildman–Crippen LogP) is 5.30.